The van der Waals surface area contributed by atoms with Crippen LogP contribution < -0.4 is 8.71 Å². The first-order valence-electron chi connectivity index (χ1n) is 8.60. The van der Waals surface area contributed by atoms with Crippen molar-refractivity contribution in [3.8, 4) is 11.5 Å². The van der Waals surface area contributed by atoms with Gasteiger partial charge in [-0.3, -0.25) is 0 Å². The lowest BCUT2D eigenvalue weighted by atomic mass is 10.1. The van der Waals surface area contributed by atoms with Crippen LogP contribution in [0.2, 0.25) is 5.02 Å². The van der Waals surface area contributed by atoms with Gasteiger partial charge in [0.15, 0.2) is 0 Å². The van der Waals surface area contributed by atoms with Gasteiger partial charge in [0.2, 0.25) is 0 Å². The van der Waals surface area contributed by atoms with Crippen molar-refractivity contribution in [3.63, 3.8) is 0 Å². The van der Waals surface area contributed by atoms with E-state index in [0.717, 1.165) is 23.2 Å². The van der Waals surface area contributed by atoms with Gasteiger partial charge >= 0.3 is 16.9 Å². The lowest BCUT2D eigenvalue weighted by molar-refractivity contribution is 0.402. The quantitative estimate of drug-likeness (QED) is 0.323. The normalized spacial score (nSPS) is 13.8. The summed E-state index contributed by atoms with van der Waals surface area (Å²) in [5, 5.41) is 1.72. The standard InChI is InChI=1S/C19H18ClO6PS2/c1-2-11-28-27(21,22)25-15-7-9-16(10-8-15)26-29(23,24)17-12-14-5-3-4-6-18(14)19(20)13-17/h3-10,12-13H,2,11H2,1H3,(H,21,22). The number of fused-ring (bicyclic) bond motifs is 1. The molecule has 0 heterocycles. The number of hydrogen-bond acceptors (Lipinski definition) is 6. The zero-order chi connectivity index (χ0) is 21.1. The summed E-state index contributed by atoms with van der Waals surface area (Å²) in [6.45, 7) is -1.93. The van der Waals surface area contributed by atoms with Crippen molar-refractivity contribution in [2.24, 2.45) is 0 Å². The van der Waals surface area contributed by atoms with Crippen LogP contribution in [0.5, 0.6) is 11.5 Å². The Bertz CT molecular complexity index is 1170. The fourth-order valence-electron chi connectivity index (χ4n) is 2.48. The molecule has 1 N–H and O–H groups in total. The van der Waals surface area contributed by atoms with Crippen LogP contribution in [0.1, 0.15) is 13.3 Å². The van der Waals surface area contributed by atoms with Crippen molar-refractivity contribution in [2.75, 3.05) is 5.75 Å². The molecule has 1 atom stereocenters. The Labute approximate surface area is 178 Å². The third kappa shape index (κ3) is 5.68. The first-order valence-corrected chi connectivity index (χ1v) is 13.6. The summed E-state index contributed by atoms with van der Waals surface area (Å²) in [6, 6.07) is 15.4. The van der Waals surface area contributed by atoms with E-state index in [0.29, 0.717) is 16.2 Å². The summed E-state index contributed by atoms with van der Waals surface area (Å²) < 4.78 is 47.4. The predicted molar refractivity (Wildman–Crippen MR) is 116 cm³/mol. The maximum Gasteiger partial charge on any atom is 0.437 e. The Kier molecular flexibility index (Phi) is 6.81. The van der Waals surface area contributed by atoms with Gasteiger partial charge in [0.05, 0.1) is 0 Å². The minimum Gasteiger partial charge on any atom is -0.417 e. The summed E-state index contributed by atoms with van der Waals surface area (Å²) in [5.74, 6) is 0.662. The van der Waals surface area contributed by atoms with Crippen LogP contribution in [0.4, 0.5) is 0 Å². The van der Waals surface area contributed by atoms with Gasteiger partial charge in [-0.25, -0.2) is 4.57 Å². The van der Waals surface area contributed by atoms with E-state index in [2.05, 4.69) is 0 Å². The molecule has 6 nitrogen and oxygen atoms in total. The number of rotatable bonds is 8. The molecule has 3 aromatic rings. The van der Waals surface area contributed by atoms with Gasteiger partial charge in [0, 0.05) is 16.2 Å². The molecule has 0 aromatic heterocycles. The van der Waals surface area contributed by atoms with Gasteiger partial charge in [-0.05, 0) is 59.6 Å². The van der Waals surface area contributed by atoms with E-state index in [1.54, 1.807) is 18.2 Å². The van der Waals surface area contributed by atoms with Crippen molar-refractivity contribution >= 4 is 50.7 Å². The van der Waals surface area contributed by atoms with E-state index >= 15 is 0 Å². The molecule has 10 heteroatoms. The molecule has 0 saturated heterocycles. The van der Waals surface area contributed by atoms with Crippen LogP contribution in [0.15, 0.2) is 65.6 Å². The van der Waals surface area contributed by atoms with Crippen LogP contribution in [-0.2, 0) is 14.7 Å². The van der Waals surface area contributed by atoms with Crippen molar-refractivity contribution < 1.29 is 26.6 Å². The third-order valence-corrected chi connectivity index (χ3v) is 8.43. The fraction of sp³-hybridized carbons (Fsp3) is 0.158. The third-order valence-electron chi connectivity index (χ3n) is 3.78. The van der Waals surface area contributed by atoms with Crippen molar-refractivity contribution in [2.45, 2.75) is 18.2 Å². The van der Waals surface area contributed by atoms with Gasteiger partial charge in [0.1, 0.15) is 16.4 Å². The average molecular weight is 473 g/mol. The first-order chi connectivity index (χ1) is 13.7. The van der Waals surface area contributed by atoms with Crippen LogP contribution in [0.3, 0.4) is 0 Å². The van der Waals surface area contributed by atoms with E-state index in [9.17, 15) is 17.9 Å². The van der Waals surface area contributed by atoms with E-state index in [-0.39, 0.29) is 16.4 Å². The highest BCUT2D eigenvalue weighted by molar-refractivity contribution is 8.54. The number of benzene rings is 3. The van der Waals surface area contributed by atoms with E-state index in [1.807, 2.05) is 13.0 Å². The highest BCUT2D eigenvalue weighted by atomic mass is 35.5. The summed E-state index contributed by atoms with van der Waals surface area (Å²) in [4.78, 5) is 9.70. The zero-order valence-corrected chi connectivity index (χ0v) is 18.6. The molecule has 0 spiro atoms. The number of hydrogen-bond donors (Lipinski definition) is 1. The van der Waals surface area contributed by atoms with Crippen LogP contribution in [0, 0.1) is 0 Å². The highest BCUT2D eigenvalue weighted by Gasteiger charge is 2.22. The molecular weight excluding hydrogens is 455 g/mol. The summed E-state index contributed by atoms with van der Waals surface area (Å²) >= 11 is 7.04. The largest absolute Gasteiger partial charge is 0.437 e. The molecule has 0 amide bonds. The Hall–Kier alpha value is -1.70. The Morgan fingerprint density at radius 1 is 1.07 bits per heavy atom. The molecule has 0 aliphatic heterocycles. The molecule has 3 rings (SSSR count). The second-order valence-electron chi connectivity index (χ2n) is 6.03. The molecule has 1 unspecified atom stereocenters. The van der Waals surface area contributed by atoms with Crippen LogP contribution in [0.25, 0.3) is 10.8 Å². The van der Waals surface area contributed by atoms with Crippen LogP contribution in [-0.4, -0.2) is 19.1 Å². The smallest absolute Gasteiger partial charge is 0.417 e. The van der Waals surface area contributed by atoms with E-state index in [4.69, 9.17) is 20.3 Å². The van der Waals surface area contributed by atoms with Crippen molar-refractivity contribution in [3.05, 3.63) is 65.7 Å². The summed E-state index contributed by atoms with van der Waals surface area (Å²) in [7, 11) is -4.12. The lowest BCUT2D eigenvalue weighted by Crippen LogP contribution is -2.09. The minimum absolute atomic E-state index is 0.0376. The molecular formula is C19H18ClO6PS2. The van der Waals surface area contributed by atoms with Gasteiger partial charge in [-0.2, -0.15) is 8.42 Å². The van der Waals surface area contributed by atoms with Gasteiger partial charge in [-0.1, -0.05) is 42.8 Å². The molecule has 0 fully saturated rings. The first kappa shape index (κ1) is 22.0. The van der Waals surface area contributed by atoms with Crippen LogP contribution >= 0.6 is 29.8 Å². The maximum atomic E-state index is 12.6. The summed E-state index contributed by atoms with van der Waals surface area (Å²) in [6.07, 6.45) is 0.738. The highest BCUT2D eigenvalue weighted by Crippen LogP contribution is 2.55. The molecule has 0 aliphatic rings. The van der Waals surface area contributed by atoms with Crippen molar-refractivity contribution in [1.82, 2.24) is 0 Å². The zero-order valence-electron chi connectivity index (χ0n) is 15.3. The van der Waals surface area contributed by atoms with Gasteiger partial charge < -0.3 is 13.6 Å². The molecule has 29 heavy (non-hydrogen) atoms. The Balaban J connectivity index is 1.78. The Morgan fingerprint density at radius 3 is 2.41 bits per heavy atom. The molecule has 3 aromatic carbocycles. The SMILES string of the molecule is CCCSP(=O)(O)Oc1ccc(OS(=O)(=O)c2cc(Cl)c3ccccc3c2)cc1. The topological polar surface area (TPSA) is 89.9 Å². The van der Waals surface area contributed by atoms with Crippen molar-refractivity contribution in [1.29, 1.82) is 0 Å². The summed E-state index contributed by atoms with van der Waals surface area (Å²) in [5.41, 5.74) is 0. The molecule has 0 aliphatic carbocycles. The second kappa shape index (κ2) is 8.98. The van der Waals surface area contributed by atoms with Gasteiger partial charge in [-0.15, -0.1) is 0 Å². The van der Waals surface area contributed by atoms with E-state index < -0.39 is 16.9 Å². The average Bonchev–Trinajstić information content (AvgIpc) is 2.67. The predicted octanol–water partition coefficient (Wildman–Crippen LogP) is 5.88. The minimum atomic E-state index is -4.12. The molecule has 0 bridgehead atoms. The molecule has 154 valence electrons. The maximum absolute atomic E-state index is 12.6. The molecule has 0 saturated carbocycles. The Morgan fingerprint density at radius 2 is 1.72 bits per heavy atom. The second-order valence-corrected chi connectivity index (χ2v) is 11.9. The fourth-order valence-corrected chi connectivity index (χ4v) is 6.34. The monoisotopic (exact) mass is 472 g/mol. The molecule has 0 radical (unpaired) electrons. The lowest BCUT2D eigenvalue weighted by Gasteiger charge is -2.13. The van der Waals surface area contributed by atoms with E-state index in [1.165, 1.54) is 36.4 Å². The van der Waals surface area contributed by atoms with Gasteiger partial charge in [0.25, 0.3) is 0 Å². The number of halogens is 1.